The molecule has 0 fully saturated rings. The van der Waals surface area contributed by atoms with E-state index in [0.717, 1.165) is 16.3 Å². The Hall–Kier alpha value is -2.16. The summed E-state index contributed by atoms with van der Waals surface area (Å²) in [5, 5.41) is 3.33. The minimum Gasteiger partial charge on any atom is -0.467 e. The molecule has 3 aromatic rings. The van der Waals surface area contributed by atoms with Gasteiger partial charge in [0.25, 0.3) is 0 Å². The fourth-order valence-corrected chi connectivity index (χ4v) is 1.85. The van der Waals surface area contributed by atoms with Crippen molar-refractivity contribution in [3.63, 3.8) is 0 Å². The number of hydrogen-bond acceptors (Lipinski definition) is 3. The van der Waals surface area contributed by atoms with Gasteiger partial charge in [-0.25, -0.2) is 4.98 Å². The minimum absolute atomic E-state index is 0.406. The molecule has 0 N–H and O–H groups in total. The van der Waals surface area contributed by atoms with Gasteiger partial charge in [-0.05, 0) is 5.39 Å². The van der Waals surface area contributed by atoms with Gasteiger partial charge in [0.05, 0.1) is 12.6 Å². The summed E-state index contributed by atoms with van der Waals surface area (Å²) in [4.78, 5) is 8.49. The standard InChI is InChI=1S/C13H10N2O/c1-16-13-14-8-10-7-6-9-4-2-3-5-11(9)12(10)15-13/h2-8H,1H3. The lowest BCUT2D eigenvalue weighted by Gasteiger charge is -2.03. The summed E-state index contributed by atoms with van der Waals surface area (Å²) < 4.78 is 5.05. The predicted octanol–water partition coefficient (Wildman–Crippen LogP) is 2.79. The molecule has 0 aliphatic carbocycles. The molecule has 3 rings (SSSR count). The number of nitrogens with zero attached hydrogens (tertiary/aromatic N) is 2. The lowest BCUT2D eigenvalue weighted by molar-refractivity contribution is 0.382. The third kappa shape index (κ3) is 1.29. The van der Waals surface area contributed by atoms with Crippen molar-refractivity contribution in [1.82, 2.24) is 9.97 Å². The molecule has 0 radical (unpaired) electrons. The first kappa shape index (κ1) is 9.09. The van der Waals surface area contributed by atoms with Crippen molar-refractivity contribution < 1.29 is 4.74 Å². The molecule has 2 aromatic carbocycles. The Balaban J connectivity index is 2.47. The van der Waals surface area contributed by atoms with Gasteiger partial charge >= 0.3 is 6.01 Å². The summed E-state index contributed by atoms with van der Waals surface area (Å²) in [5.74, 6) is 0. The van der Waals surface area contributed by atoms with Crippen LogP contribution in [0.4, 0.5) is 0 Å². The molecule has 1 heterocycles. The maximum atomic E-state index is 5.05. The number of benzene rings is 2. The molecule has 1 aromatic heterocycles. The Kier molecular flexibility index (Phi) is 1.96. The monoisotopic (exact) mass is 210 g/mol. The lowest BCUT2D eigenvalue weighted by atomic mass is 10.1. The van der Waals surface area contributed by atoms with Gasteiger partial charge in [-0.3, -0.25) is 0 Å². The summed E-state index contributed by atoms with van der Waals surface area (Å²) in [5.41, 5.74) is 0.935. The summed E-state index contributed by atoms with van der Waals surface area (Å²) in [6.07, 6.45) is 1.79. The van der Waals surface area contributed by atoms with Crippen molar-refractivity contribution >= 4 is 21.7 Å². The average molecular weight is 210 g/mol. The van der Waals surface area contributed by atoms with Gasteiger partial charge < -0.3 is 4.74 Å². The number of methoxy groups -OCH3 is 1. The molecular weight excluding hydrogens is 200 g/mol. The molecular formula is C13H10N2O. The number of ether oxygens (including phenoxy) is 1. The minimum atomic E-state index is 0.406. The number of fused-ring (bicyclic) bond motifs is 3. The van der Waals surface area contributed by atoms with Gasteiger partial charge in [-0.15, -0.1) is 0 Å². The molecule has 3 nitrogen and oxygen atoms in total. The van der Waals surface area contributed by atoms with Crippen molar-refractivity contribution in [2.45, 2.75) is 0 Å². The van der Waals surface area contributed by atoms with E-state index in [-0.39, 0.29) is 0 Å². The third-order valence-electron chi connectivity index (χ3n) is 2.64. The Bertz CT molecular complexity index is 664. The van der Waals surface area contributed by atoms with E-state index in [4.69, 9.17) is 4.74 Å². The molecule has 0 saturated carbocycles. The molecule has 0 aliphatic heterocycles. The van der Waals surface area contributed by atoms with Gasteiger partial charge in [0, 0.05) is 17.0 Å². The van der Waals surface area contributed by atoms with Crippen LogP contribution >= 0.6 is 0 Å². The Morgan fingerprint density at radius 2 is 1.81 bits per heavy atom. The molecule has 3 heteroatoms. The first-order chi connectivity index (χ1) is 7.88. The van der Waals surface area contributed by atoms with Gasteiger partial charge in [0.15, 0.2) is 0 Å². The number of aromatic nitrogens is 2. The second-order valence-corrected chi connectivity index (χ2v) is 3.58. The van der Waals surface area contributed by atoms with Crippen LogP contribution in [0, 0.1) is 0 Å². The molecule has 78 valence electrons. The first-order valence-electron chi connectivity index (χ1n) is 5.07. The lowest BCUT2D eigenvalue weighted by Crippen LogP contribution is -1.92. The Morgan fingerprint density at radius 1 is 1.00 bits per heavy atom. The molecule has 0 spiro atoms. The molecule has 0 bridgehead atoms. The van der Waals surface area contributed by atoms with Crippen LogP contribution in [-0.4, -0.2) is 17.1 Å². The van der Waals surface area contributed by atoms with Gasteiger partial charge in [-0.1, -0.05) is 36.4 Å². The third-order valence-corrected chi connectivity index (χ3v) is 2.64. The topological polar surface area (TPSA) is 35.0 Å². The SMILES string of the molecule is COc1ncc2ccc3ccccc3c2n1. The molecule has 16 heavy (non-hydrogen) atoms. The molecule has 0 unspecified atom stereocenters. The van der Waals surface area contributed by atoms with E-state index in [9.17, 15) is 0 Å². The Morgan fingerprint density at radius 3 is 2.69 bits per heavy atom. The zero-order chi connectivity index (χ0) is 11.0. The molecule has 0 saturated heterocycles. The van der Waals surface area contributed by atoms with Crippen molar-refractivity contribution in [1.29, 1.82) is 0 Å². The van der Waals surface area contributed by atoms with Crippen LogP contribution in [0.1, 0.15) is 0 Å². The van der Waals surface area contributed by atoms with Gasteiger partial charge in [0.1, 0.15) is 0 Å². The zero-order valence-corrected chi connectivity index (χ0v) is 8.84. The highest BCUT2D eigenvalue weighted by atomic mass is 16.5. The normalized spacial score (nSPS) is 10.8. The molecule has 0 aliphatic rings. The molecule has 0 atom stereocenters. The van der Waals surface area contributed by atoms with E-state index in [1.807, 2.05) is 18.2 Å². The quantitative estimate of drug-likeness (QED) is 0.579. The van der Waals surface area contributed by atoms with E-state index in [2.05, 4.69) is 28.2 Å². The van der Waals surface area contributed by atoms with Crippen LogP contribution in [0.5, 0.6) is 6.01 Å². The van der Waals surface area contributed by atoms with Gasteiger partial charge in [-0.2, -0.15) is 4.98 Å². The average Bonchev–Trinajstić information content (AvgIpc) is 2.38. The largest absolute Gasteiger partial charge is 0.467 e. The zero-order valence-electron chi connectivity index (χ0n) is 8.84. The smallest absolute Gasteiger partial charge is 0.316 e. The van der Waals surface area contributed by atoms with E-state index < -0.39 is 0 Å². The van der Waals surface area contributed by atoms with E-state index in [0.29, 0.717) is 6.01 Å². The van der Waals surface area contributed by atoms with E-state index in [1.54, 1.807) is 13.3 Å². The fraction of sp³-hybridized carbons (Fsp3) is 0.0769. The van der Waals surface area contributed by atoms with Crippen molar-refractivity contribution in [3.05, 3.63) is 42.6 Å². The van der Waals surface area contributed by atoms with Crippen LogP contribution in [0.25, 0.3) is 21.7 Å². The second kappa shape index (κ2) is 3.45. The summed E-state index contributed by atoms with van der Waals surface area (Å²) >= 11 is 0. The molecule has 0 amide bonds. The van der Waals surface area contributed by atoms with Crippen LogP contribution in [-0.2, 0) is 0 Å². The number of rotatable bonds is 1. The van der Waals surface area contributed by atoms with Crippen LogP contribution in [0.3, 0.4) is 0 Å². The Labute approximate surface area is 92.7 Å². The van der Waals surface area contributed by atoms with E-state index in [1.165, 1.54) is 5.39 Å². The predicted molar refractivity (Wildman–Crippen MR) is 63.6 cm³/mol. The fourth-order valence-electron chi connectivity index (χ4n) is 1.85. The number of hydrogen-bond donors (Lipinski definition) is 0. The van der Waals surface area contributed by atoms with Crippen LogP contribution in [0.15, 0.2) is 42.6 Å². The van der Waals surface area contributed by atoms with Gasteiger partial charge in [0.2, 0.25) is 0 Å². The van der Waals surface area contributed by atoms with Crippen LogP contribution in [0.2, 0.25) is 0 Å². The highest BCUT2D eigenvalue weighted by Gasteiger charge is 2.03. The summed E-state index contributed by atoms with van der Waals surface area (Å²) in [7, 11) is 1.58. The first-order valence-corrected chi connectivity index (χ1v) is 5.07. The van der Waals surface area contributed by atoms with Crippen molar-refractivity contribution in [2.75, 3.05) is 7.11 Å². The maximum absolute atomic E-state index is 5.05. The van der Waals surface area contributed by atoms with Crippen molar-refractivity contribution in [2.24, 2.45) is 0 Å². The van der Waals surface area contributed by atoms with E-state index >= 15 is 0 Å². The summed E-state index contributed by atoms with van der Waals surface area (Å²) in [6, 6.07) is 12.7. The van der Waals surface area contributed by atoms with Crippen LogP contribution < -0.4 is 4.74 Å². The highest BCUT2D eigenvalue weighted by Crippen LogP contribution is 2.24. The van der Waals surface area contributed by atoms with Crippen molar-refractivity contribution in [3.8, 4) is 6.01 Å². The maximum Gasteiger partial charge on any atom is 0.316 e. The summed E-state index contributed by atoms with van der Waals surface area (Å²) in [6.45, 7) is 0. The highest BCUT2D eigenvalue weighted by molar-refractivity contribution is 6.04. The second-order valence-electron chi connectivity index (χ2n) is 3.58.